The lowest BCUT2D eigenvalue weighted by Crippen LogP contribution is -2.33. The first-order chi connectivity index (χ1) is 13.1. The number of ketones is 1. The number of fused-ring (bicyclic) bond motifs is 1. The number of benzene rings is 1. The maximum atomic E-state index is 13.2. The van der Waals surface area contributed by atoms with E-state index in [1.54, 1.807) is 34.2 Å². The van der Waals surface area contributed by atoms with Crippen molar-refractivity contribution in [1.29, 1.82) is 0 Å². The minimum atomic E-state index is -0.475. The minimum Gasteiger partial charge on any atom is -0.328 e. The van der Waals surface area contributed by atoms with Crippen LogP contribution >= 0.6 is 34.5 Å². The summed E-state index contributed by atoms with van der Waals surface area (Å²) < 4.78 is 1.69. The monoisotopic (exact) mass is 416 g/mol. The second-order valence-electron chi connectivity index (χ2n) is 6.63. The van der Waals surface area contributed by atoms with Crippen molar-refractivity contribution in [3.8, 4) is 0 Å². The highest BCUT2D eigenvalue weighted by Crippen LogP contribution is 2.47. The fourth-order valence-electron chi connectivity index (χ4n) is 3.92. The Kier molecular flexibility index (Phi) is 4.07. The molecule has 0 saturated carbocycles. The predicted molar refractivity (Wildman–Crippen MR) is 107 cm³/mol. The van der Waals surface area contributed by atoms with E-state index in [9.17, 15) is 4.79 Å². The first-order valence-corrected chi connectivity index (χ1v) is 10.2. The molecule has 2 aromatic heterocycles. The highest BCUT2D eigenvalue weighted by atomic mass is 35.5. The Morgan fingerprint density at radius 2 is 1.96 bits per heavy atom. The predicted octanol–water partition coefficient (Wildman–Crippen LogP) is 5.06. The number of nitrogens with zero attached hydrogens (tertiary/aromatic N) is 3. The number of nitrogens with one attached hydrogen (secondary N) is 1. The fourth-order valence-corrected chi connectivity index (χ4v) is 5.35. The van der Waals surface area contributed by atoms with Gasteiger partial charge in [-0.25, -0.2) is 4.68 Å². The number of hydrogen-bond donors (Lipinski definition) is 1. The lowest BCUT2D eigenvalue weighted by Gasteiger charge is -2.35. The zero-order chi connectivity index (χ0) is 18.5. The van der Waals surface area contributed by atoms with Gasteiger partial charge in [0, 0.05) is 44.1 Å². The van der Waals surface area contributed by atoms with Crippen LogP contribution in [0.15, 0.2) is 53.3 Å². The zero-order valence-electron chi connectivity index (χ0n) is 14.0. The number of carbonyl (C=O) groups is 1. The van der Waals surface area contributed by atoms with Crippen molar-refractivity contribution in [2.45, 2.75) is 24.8 Å². The third kappa shape index (κ3) is 2.71. The van der Waals surface area contributed by atoms with E-state index in [1.807, 2.05) is 11.4 Å². The van der Waals surface area contributed by atoms with Crippen LogP contribution in [0.3, 0.4) is 0 Å². The Bertz CT molecular complexity index is 1050. The Hall–Kier alpha value is -2.15. The molecule has 27 heavy (non-hydrogen) atoms. The summed E-state index contributed by atoms with van der Waals surface area (Å²) >= 11 is 14.7. The molecule has 1 aliphatic heterocycles. The van der Waals surface area contributed by atoms with E-state index in [1.165, 1.54) is 11.2 Å². The summed E-state index contributed by atoms with van der Waals surface area (Å²) in [6, 6.07) is 8.99. The van der Waals surface area contributed by atoms with Crippen LogP contribution in [0, 0.1) is 0 Å². The van der Waals surface area contributed by atoms with E-state index in [2.05, 4.69) is 21.5 Å². The van der Waals surface area contributed by atoms with Crippen LogP contribution in [-0.4, -0.2) is 20.5 Å². The Labute approximate surface area is 169 Å². The summed E-state index contributed by atoms with van der Waals surface area (Å²) in [4.78, 5) is 18.8. The van der Waals surface area contributed by atoms with Crippen LogP contribution in [0.2, 0.25) is 10.0 Å². The number of halogens is 2. The molecule has 5 nitrogen and oxygen atoms in total. The van der Waals surface area contributed by atoms with E-state index >= 15 is 0 Å². The lowest BCUT2D eigenvalue weighted by atomic mass is 9.80. The van der Waals surface area contributed by atoms with Gasteiger partial charge in [0.05, 0.1) is 0 Å². The van der Waals surface area contributed by atoms with E-state index in [0.29, 0.717) is 33.6 Å². The second kappa shape index (κ2) is 6.48. The van der Waals surface area contributed by atoms with Gasteiger partial charge in [0.2, 0.25) is 5.95 Å². The Morgan fingerprint density at radius 3 is 2.70 bits per heavy atom. The SMILES string of the molecule is O=C1CC(c2cccs2)CC2=C1C(c1c(Cl)cccc1Cl)n1ncnc1N2. The van der Waals surface area contributed by atoms with Crippen molar-refractivity contribution < 1.29 is 4.79 Å². The van der Waals surface area contributed by atoms with Gasteiger partial charge in [0.25, 0.3) is 0 Å². The van der Waals surface area contributed by atoms with E-state index in [-0.39, 0.29) is 11.7 Å². The quantitative estimate of drug-likeness (QED) is 0.633. The van der Waals surface area contributed by atoms with Gasteiger partial charge >= 0.3 is 0 Å². The lowest BCUT2D eigenvalue weighted by molar-refractivity contribution is -0.116. The molecule has 1 aromatic carbocycles. The van der Waals surface area contributed by atoms with Crippen LogP contribution in [0.1, 0.15) is 35.2 Å². The van der Waals surface area contributed by atoms with E-state index in [4.69, 9.17) is 23.2 Å². The fraction of sp³-hybridized carbons (Fsp3) is 0.211. The number of carbonyl (C=O) groups excluding carboxylic acids is 1. The number of thiophene rings is 1. The number of Topliss-reactive ketones (excluding diaryl/α,β-unsaturated/α-hetero) is 1. The molecule has 2 unspecified atom stereocenters. The highest BCUT2D eigenvalue weighted by molar-refractivity contribution is 7.10. The number of aromatic nitrogens is 3. The first-order valence-electron chi connectivity index (χ1n) is 8.53. The summed E-state index contributed by atoms with van der Waals surface area (Å²) in [7, 11) is 0. The van der Waals surface area contributed by atoms with Crippen molar-refractivity contribution in [3.63, 3.8) is 0 Å². The molecule has 0 saturated heterocycles. The van der Waals surface area contributed by atoms with Crippen molar-refractivity contribution in [2.75, 3.05) is 5.32 Å². The average molecular weight is 417 g/mol. The summed E-state index contributed by atoms with van der Waals surface area (Å²) in [5.41, 5.74) is 2.24. The summed E-state index contributed by atoms with van der Waals surface area (Å²) in [5.74, 6) is 0.847. The van der Waals surface area contributed by atoms with Crippen molar-refractivity contribution in [2.24, 2.45) is 0 Å². The largest absolute Gasteiger partial charge is 0.328 e. The molecule has 2 aliphatic rings. The van der Waals surface area contributed by atoms with E-state index < -0.39 is 6.04 Å². The summed E-state index contributed by atoms with van der Waals surface area (Å²) in [6.45, 7) is 0. The van der Waals surface area contributed by atoms with Gasteiger partial charge in [-0.1, -0.05) is 35.3 Å². The van der Waals surface area contributed by atoms with Crippen molar-refractivity contribution in [1.82, 2.24) is 14.8 Å². The van der Waals surface area contributed by atoms with Gasteiger partial charge in [0.1, 0.15) is 12.4 Å². The van der Waals surface area contributed by atoms with Gasteiger partial charge in [-0.15, -0.1) is 11.3 Å². The highest BCUT2D eigenvalue weighted by Gasteiger charge is 2.40. The van der Waals surface area contributed by atoms with Gasteiger partial charge in [-0.2, -0.15) is 10.1 Å². The number of allylic oxidation sites excluding steroid dienone is 2. The molecule has 3 heterocycles. The van der Waals surface area contributed by atoms with E-state index in [0.717, 1.165) is 12.1 Å². The normalized spacial score (nSPS) is 21.6. The Morgan fingerprint density at radius 1 is 1.15 bits per heavy atom. The van der Waals surface area contributed by atoms with Gasteiger partial charge in [0.15, 0.2) is 5.78 Å². The summed E-state index contributed by atoms with van der Waals surface area (Å²) in [6.07, 6.45) is 2.68. The number of anilines is 1. The molecule has 8 heteroatoms. The van der Waals surface area contributed by atoms with Gasteiger partial charge < -0.3 is 5.32 Å². The van der Waals surface area contributed by atoms with Crippen LogP contribution in [0.4, 0.5) is 5.95 Å². The average Bonchev–Trinajstić information content (AvgIpc) is 3.32. The molecule has 0 spiro atoms. The zero-order valence-corrected chi connectivity index (χ0v) is 16.4. The first kappa shape index (κ1) is 17.0. The molecule has 0 fully saturated rings. The molecule has 1 aliphatic carbocycles. The molecular formula is C19H14Cl2N4OS. The van der Waals surface area contributed by atoms with Gasteiger partial charge in [-0.3, -0.25) is 4.79 Å². The van der Waals surface area contributed by atoms with Crippen LogP contribution in [0.5, 0.6) is 0 Å². The molecule has 136 valence electrons. The molecule has 5 rings (SSSR count). The van der Waals surface area contributed by atoms with Crippen molar-refractivity contribution in [3.05, 3.63) is 73.8 Å². The number of hydrogen-bond acceptors (Lipinski definition) is 5. The number of rotatable bonds is 2. The smallest absolute Gasteiger partial charge is 0.226 e. The Balaban J connectivity index is 1.67. The molecule has 3 aromatic rings. The van der Waals surface area contributed by atoms with Crippen LogP contribution in [0.25, 0.3) is 0 Å². The molecule has 2 atom stereocenters. The van der Waals surface area contributed by atoms with Crippen LogP contribution in [-0.2, 0) is 4.79 Å². The molecular weight excluding hydrogens is 403 g/mol. The third-order valence-corrected chi connectivity index (χ3v) is 6.77. The van der Waals surface area contributed by atoms with Gasteiger partial charge in [-0.05, 0) is 30.0 Å². The standard InChI is InChI=1S/C19H14Cl2N4OS/c20-11-3-1-4-12(21)16(11)18-17-13(24-19-22-9-23-25(18)19)7-10(8-14(17)26)15-5-2-6-27-15/h1-6,9-10,18H,7-8H2,(H,22,23,24). The second-order valence-corrected chi connectivity index (χ2v) is 8.42. The summed E-state index contributed by atoms with van der Waals surface area (Å²) in [5, 5.41) is 10.7. The van der Waals surface area contributed by atoms with Crippen LogP contribution < -0.4 is 5.32 Å². The van der Waals surface area contributed by atoms with Crippen molar-refractivity contribution >= 4 is 46.3 Å². The minimum absolute atomic E-state index is 0.0873. The topological polar surface area (TPSA) is 59.8 Å². The molecule has 0 amide bonds. The maximum absolute atomic E-state index is 13.2. The molecule has 1 N–H and O–H groups in total. The molecule has 0 radical (unpaired) electrons. The third-order valence-electron chi connectivity index (χ3n) is 5.08. The molecule has 0 bridgehead atoms. The maximum Gasteiger partial charge on any atom is 0.226 e.